The Morgan fingerprint density at radius 3 is 2.36 bits per heavy atom. The van der Waals surface area contributed by atoms with Gasteiger partial charge in [-0.15, -0.1) is 0 Å². The molecule has 2 heteroatoms. The standard InChI is InChI=1S/C12H23NO/c1-11(2)8-13(3)9-12(10-14)6-4-5-7-12/h10-11H,4-9H2,1-3H3. The fourth-order valence-electron chi connectivity index (χ4n) is 2.62. The molecule has 1 saturated carbocycles. The Hall–Kier alpha value is -0.370. The first-order valence-corrected chi connectivity index (χ1v) is 5.73. The van der Waals surface area contributed by atoms with Crippen molar-refractivity contribution in [1.29, 1.82) is 0 Å². The lowest BCUT2D eigenvalue weighted by atomic mass is 9.87. The fourth-order valence-corrected chi connectivity index (χ4v) is 2.62. The molecule has 0 atom stereocenters. The maximum atomic E-state index is 11.1. The second kappa shape index (κ2) is 4.92. The van der Waals surface area contributed by atoms with Gasteiger partial charge in [-0.1, -0.05) is 26.7 Å². The Kier molecular flexibility index (Phi) is 4.11. The van der Waals surface area contributed by atoms with Gasteiger partial charge in [0.05, 0.1) is 0 Å². The average molecular weight is 197 g/mol. The van der Waals surface area contributed by atoms with E-state index in [0.717, 1.165) is 25.9 Å². The third-order valence-corrected chi connectivity index (χ3v) is 3.11. The van der Waals surface area contributed by atoms with Gasteiger partial charge >= 0.3 is 0 Å². The maximum Gasteiger partial charge on any atom is 0.127 e. The van der Waals surface area contributed by atoms with Crippen LogP contribution in [-0.4, -0.2) is 31.3 Å². The van der Waals surface area contributed by atoms with E-state index in [1.807, 2.05) is 0 Å². The van der Waals surface area contributed by atoms with Crippen LogP contribution in [0.3, 0.4) is 0 Å². The van der Waals surface area contributed by atoms with Crippen LogP contribution in [-0.2, 0) is 4.79 Å². The Balaban J connectivity index is 2.43. The first-order valence-electron chi connectivity index (χ1n) is 5.73. The molecule has 0 aliphatic heterocycles. The topological polar surface area (TPSA) is 20.3 Å². The molecular formula is C12H23NO. The van der Waals surface area contributed by atoms with Crippen molar-refractivity contribution < 1.29 is 4.79 Å². The number of carbonyl (C=O) groups excluding carboxylic acids is 1. The van der Waals surface area contributed by atoms with E-state index in [1.165, 1.54) is 19.1 Å². The van der Waals surface area contributed by atoms with Crippen molar-refractivity contribution in [3.8, 4) is 0 Å². The van der Waals surface area contributed by atoms with Crippen LogP contribution in [0.15, 0.2) is 0 Å². The van der Waals surface area contributed by atoms with Crippen molar-refractivity contribution in [1.82, 2.24) is 4.90 Å². The number of hydrogen-bond donors (Lipinski definition) is 0. The van der Waals surface area contributed by atoms with Crippen LogP contribution in [0.2, 0.25) is 0 Å². The maximum absolute atomic E-state index is 11.1. The van der Waals surface area contributed by atoms with Crippen molar-refractivity contribution in [2.75, 3.05) is 20.1 Å². The van der Waals surface area contributed by atoms with E-state index < -0.39 is 0 Å². The molecule has 14 heavy (non-hydrogen) atoms. The zero-order chi connectivity index (χ0) is 10.6. The largest absolute Gasteiger partial charge is 0.305 e. The van der Waals surface area contributed by atoms with Crippen LogP contribution < -0.4 is 0 Å². The molecule has 0 bridgehead atoms. The highest BCUT2D eigenvalue weighted by Crippen LogP contribution is 2.36. The van der Waals surface area contributed by atoms with Gasteiger partial charge in [0.2, 0.25) is 0 Å². The van der Waals surface area contributed by atoms with E-state index in [-0.39, 0.29) is 5.41 Å². The number of hydrogen-bond acceptors (Lipinski definition) is 2. The highest BCUT2D eigenvalue weighted by molar-refractivity contribution is 5.60. The molecule has 0 aromatic carbocycles. The van der Waals surface area contributed by atoms with Crippen molar-refractivity contribution >= 4 is 6.29 Å². The van der Waals surface area contributed by atoms with Gasteiger partial charge in [-0.25, -0.2) is 0 Å². The van der Waals surface area contributed by atoms with Crippen LogP contribution in [0.25, 0.3) is 0 Å². The lowest BCUT2D eigenvalue weighted by molar-refractivity contribution is -0.116. The van der Waals surface area contributed by atoms with Crippen molar-refractivity contribution in [2.24, 2.45) is 11.3 Å². The SMILES string of the molecule is CC(C)CN(C)CC1(C=O)CCCC1. The number of rotatable bonds is 5. The van der Waals surface area contributed by atoms with Gasteiger partial charge < -0.3 is 9.69 Å². The van der Waals surface area contributed by atoms with Gasteiger partial charge in [-0.2, -0.15) is 0 Å². The Labute approximate surface area is 87.7 Å². The zero-order valence-electron chi connectivity index (χ0n) is 9.75. The van der Waals surface area contributed by atoms with E-state index in [2.05, 4.69) is 25.8 Å². The third kappa shape index (κ3) is 3.09. The normalized spacial score (nSPS) is 20.6. The summed E-state index contributed by atoms with van der Waals surface area (Å²) in [6.07, 6.45) is 5.86. The molecule has 0 amide bonds. The van der Waals surface area contributed by atoms with E-state index in [4.69, 9.17) is 0 Å². The van der Waals surface area contributed by atoms with Crippen molar-refractivity contribution in [3.63, 3.8) is 0 Å². The van der Waals surface area contributed by atoms with Crippen molar-refractivity contribution in [2.45, 2.75) is 39.5 Å². The average Bonchev–Trinajstić information content (AvgIpc) is 2.52. The van der Waals surface area contributed by atoms with Gasteiger partial charge in [-0.05, 0) is 25.8 Å². The quantitative estimate of drug-likeness (QED) is 0.630. The summed E-state index contributed by atoms with van der Waals surface area (Å²) in [5.41, 5.74) is -0.0103. The molecule has 0 N–H and O–H groups in total. The van der Waals surface area contributed by atoms with Crippen LogP contribution in [0.1, 0.15) is 39.5 Å². The van der Waals surface area contributed by atoms with E-state index in [1.54, 1.807) is 0 Å². The summed E-state index contributed by atoms with van der Waals surface area (Å²) < 4.78 is 0. The predicted molar refractivity (Wildman–Crippen MR) is 59.3 cm³/mol. The van der Waals surface area contributed by atoms with Gasteiger partial charge in [0.1, 0.15) is 6.29 Å². The highest BCUT2D eigenvalue weighted by Gasteiger charge is 2.34. The predicted octanol–water partition coefficient (Wildman–Crippen LogP) is 2.33. The minimum Gasteiger partial charge on any atom is -0.305 e. The van der Waals surface area contributed by atoms with E-state index in [9.17, 15) is 4.79 Å². The summed E-state index contributed by atoms with van der Waals surface area (Å²) in [6, 6.07) is 0. The smallest absolute Gasteiger partial charge is 0.127 e. The van der Waals surface area contributed by atoms with Crippen LogP contribution in [0.5, 0.6) is 0 Å². The first-order chi connectivity index (χ1) is 6.58. The fraction of sp³-hybridized carbons (Fsp3) is 0.917. The highest BCUT2D eigenvalue weighted by atomic mass is 16.1. The molecule has 0 aromatic rings. The van der Waals surface area contributed by atoms with Gasteiger partial charge in [-0.3, -0.25) is 0 Å². The van der Waals surface area contributed by atoms with Gasteiger partial charge in [0, 0.05) is 18.5 Å². The summed E-state index contributed by atoms with van der Waals surface area (Å²) in [4.78, 5) is 13.4. The van der Waals surface area contributed by atoms with Gasteiger partial charge in [0.15, 0.2) is 0 Å². The molecule has 1 aliphatic carbocycles. The summed E-state index contributed by atoms with van der Waals surface area (Å²) >= 11 is 0. The molecule has 1 fully saturated rings. The molecular weight excluding hydrogens is 174 g/mol. The monoisotopic (exact) mass is 197 g/mol. The number of aldehydes is 1. The molecule has 1 aliphatic rings. The molecule has 1 rings (SSSR count). The number of nitrogens with zero attached hydrogens (tertiary/aromatic N) is 1. The second-order valence-corrected chi connectivity index (χ2v) is 5.28. The summed E-state index contributed by atoms with van der Waals surface area (Å²) in [6.45, 7) is 6.49. The second-order valence-electron chi connectivity index (χ2n) is 5.28. The Bertz CT molecular complexity index is 183. The van der Waals surface area contributed by atoms with Gasteiger partial charge in [0.25, 0.3) is 0 Å². The van der Waals surface area contributed by atoms with E-state index >= 15 is 0 Å². The molecule has 82 valence electrons. The molecule has 0 spiro atoms. The zero-order valence-corrected chi connectivity index (χ0v) is 9.75. The van der Waals surface area contributed by atoms with Crippen LogP contribution >= 0.6 is 0 Å². The van der Waals surface area contributed by atoms with Crippen LogP contribution in [0, 0.1) is 11.3 Å². The minimum absolute atomic E-state index is 0.0103. The third-order valence-electron chi connectivity index (χ3n) is 3.11. The minimum atomic E-state index is -0.0103. The molecule has 0 aromatic heterocycles. The summed E-state index contributed by atoms with van der Waals surface area (Å²) in [5.74, 6) is 0.685. The van der Waals surface area contributed by atoms with E-state index in [0.29, 0.717) is 5.92 Å². The lowest BCUT2D eigenvalue weighted by Gasteiger charge is -2.29. The molecule has 2 nitrogen and oxygen atoms in total. The molecule has 0 radical (unpaired) electrons. The Morgan fingerprint density at radius 2 is 1.93 bits per heavy atom. The van der Waals surface area contributed by atoms with Crippen LogP contribution in [0.4, 0.5) is 0 Å². The summed E-state index contributed by atoms with van der Waals surface area (Å²) in [7, 11) is 2.13. The first kappa shape index (κ1) is 11.7. The lowest BCUT2D eigenvalue weighted by Crippen LogP contribution is -2.36. The molecule has 0 unspecified atom stereocenters. The van der Waals surface area contributed by atoms with Crippen molar-refractivity contribution in [3.05, 3.63) is 0 Å². The summed E-state index contributed by atoms with van der Waals surface area (Å²) in [5, 5.41) is 0. The molecule has 0 heterocycles. The molecule has 0 saturated heterocycles. The number of carbonyl (C=O) groups is 1. The Morgan fingerprint density at radius 1 is 1.36 bits per heavy atom.